The molecule has 0 aliphatic rings. The Morgan fingerprint density at radius 2 is 1.21 bits per heavy atom. The minimum atomic E-state index is -0.879. The molecule has 7 rings (SSSR count). The van der Waals surface area contributed by atoms with Crippen molar-refractivity contribution in [2.24, 2.45) is 0 Å². The molecule has 0 fully saturated rings. The van der Waals surface area contributed by atoms with E-state index in [4.69, 9.17) is 14.2 Å². The number of carbonyl (C=O) groups excluding carboxylic acids is 3. The molecule has 16 heteroatoms. The summed E-state index contributed by atoms with van der Waals surface area (Å²) in [6.45, 7) is -0.247. The maximum absolute atomic E-state index is 13.9. The summed E-state index contributed by atoms with van der Waals surface area (Å²) < 4.78 is 20.3. The van der Waals surface area contributed by atoms with Crippen LogP contribution in [0.2, 0.25) is 0 Å². The first-order chi connectivity index (χ1) is 27.1. The van der Waals surface area contributed by atoms with Crippen molar-refractivity contribution in [3.05, 3.63) is 142 Å². The van der Waals surface area contributed by atoms with Crippen molar-refractivity contribution in [1.29, 1.82) is 0 Å². The molecule has 0 radical (unpaired) electrons. The van der Waals surface area contributed by atoms with Crippen LogP contribution in [-0.2, 0) is 49.8 Å². The van der Waals surface area contributed by atoms with E-state index < -0.39 is 30.0 Å². The SMILES string of the molecule is COC(=O)[C@H](Cc1ccc(O)cc1)n1cc(COC(=O)c2cccc3c(=O)c4ccccc4n(Cc4cn([C@@H](Cc5ccc(O)cc5)C(=O)OC)nn4)c23)nn1. The van der Waals surface area contributed by atoms with Crippen molar-refractivity contribution in [3.63, 3.8) is 0 Å². The topological polar surface area (TPSA) is 203 Å². The quantitative estimate of drug-likeness (QED) is 0.0969. The molecule has 0 saturated heterocycles. The van der Waals surface area contributed by atoms with Crippen molar-refractivity contribution in [1.82, 2.24) is 34.6 Å². The largest absolute Gasteiger partial charge is 0.508 e. The molecule has 2 N–H and O–H groups in total. The number of hydrogen-bond acceptors (Lipinski definition) is 13. The van der Waals surface area contributed by atoms with Gasteiger partial charge in [-0.05, 0) is 59.7 Å². The molecular weight excluding hydrogens is 722 g/mol. The third-order valence-corrected chi connectivity index (χ3v) is 9.31. The molecular formula is C40H35N7O9. The molecule has 4 aromatic carbocycles. The lowest BCUT2D eigenvalue weighted by Crippen LogP contribution is -2.23. The number of aromatic hydroxyl groups is 2. The predicted molar refractivity (Wildman–Crippen MR) is 200 cm³/mol. The maximum Gasteiger partial charge on any atom is 0.340 e. The highest BCUT2D eigenvalue weighted by Crippen LogP contribution is 2.26. The minimum absolute atomic E-state index is 0.0545. The van der Waals surface area contributed by atoms with E-state index in [1.165, 1.54) is 54.0 Å². The molecule has 16 nitrogen and oxygen atoms in total. The van der Waals surface area contributed by atoms with E-state index in [0.717, 1.165) is 11.1 Å². The number of para-hydroxylation sites is 2. The van der Waals surface area contributed by atoms with E-state index >= 15 is 0 Å². The molecule has 2 atom stereocenters. The average molecular weight is 758 g/mol. The van der Waals surface area contributed by atoms with Crippen LogP contribution in [0.3, 0.4) is 0 Å². The summed E-state index contributed by atoms with van der Waals surface area (Å²) in [6, 6.07) is 22.9. The Morgan fingerprint density at radius 3 is 1.80 bits per heavy atom. The fourth-order valence-corrected chi connectivity index (χ4v) is 6.51. The monoisotopic (exact) mass is 757 g/mol. The van der Waals surface area contributed by atoms with Gasteiger partial charge >= 0.3 is 17.9 Å². The summed E-state index contributed by atoms with van der Waals surface area (Å²) in [5.74, 6) is -1.67. The first-order valence-electron chi connectivity index (χ1n) is 17.4. The Balaban J connectivity index is 1.18. The fraction of sp³-hybridized carbons (Fsp3) is 0.200. The van der Waals surface area contributed by atoms with Crippen molar-refractivity contribution in [3.8, 4) is 11.5 Å². The summed E-state index contributed by atoms with van der Waals surface area (Å²) in [7, 11) is 2.55. The number of methoxy groups -OCH3 is 2. The van der Waals surface area contributed by atoms with E-state index in [2.05, 4.69) is 20.6 Å². The third kappa shape index (κ3) is 7.66. The van der Waals surface area contributed by atoms with Gasteiger partial charge in [0.1, 0.15) is 29.5 Å². The van der Waals surface area contributed by atoms with Crippen LogP contribution in [0.1, 0.15) is 45.0 Å². The average Bonchev–Trinajstić information content (AvgIpc) is 3.90. The molecule has 0 bridgehead atoms. The number of phenols is 2. The van der Waals surface area contributed by atoms with E-state index in [1.807, 2.05) is 0 Å². The Bertz CT molecular complexity index is 2610. The summed E-state index contributed by atoms with van der Waals surface area (Å²) in [6.07, 6.45) is 3.50. The number of ether oxygens (including phenoxy) is 3. The van der Waals surface area contributed by atoms with Gasteiger partial charge in [0.25, 0.3) is 0 Å². The summed E-state index contributed by atoms with van der Waals surface area (Å²) >= 11 is 0. The molecule has 3 heterocycles. The lowest BCUT2D eigenvalue weighted by atomic mass is 10.0. The molecule has 56 heavy (non-hydrogen) atoms. The van der Waals surface area contributed by atoms with Gasteiger partial charge in [0.05, 0.1) is 49.8 Å². The van der Waals surface area contributed by atoms with Crippen molar-refractivity contribution in [2.75, 3.05) is 14.2 Å². The molecule has 3 aromatic heterocycles. The van der Waals surface area contributed by atoms with Gasteiger partial charge in [-0.25, -0.2) is 23.7 Å². The van der Waals surface area contributed by atoms with Gasteiger partial charge in [-0.3, -0.25) is 4.79 Å². The van der Waals surface area contributed by atoms with E-state index in [-0.39, 0.29) is 59.6 Å². The summed E-state index contributed by atoms with van der Waals surface area (Å²) in [4.78, 5) is 53.3. The second-order valence-electron chi connectivity index (χ2n) is 12.9. The molecule has 0 spiro atoms. The van der Waals surface area contributed by atoms with Crippen molar-refractivity contribution < 1.29 is 38.8 Å². The minimum Gasteiger partial charge on any atom is -0.508 e. The zero-order valence-electron chi connectivity index (χ0n) is 30.2. The zero-order valence-corrected chi connectivity index (χ0v) is 30.2. The van der Waals surface area contributed by atoms with Crippen LogP contribution in [0.25, 0.3) is 21.8 Å². The highest BCUT2D eigenvalue weighted by molar-refractivity contribution is 6.06. The Morgan fingerprint density at radius 1 is 0.679 bits per heavy atom. The first kappa shape index (κ1) is 37.0. The number of esters is 3. The Labute approximate surface area is 318 Å². The van der Waals surface area contributed by atoms with Gasteiger partial charge in [-0.2, -0.15) is 0 Å². The number of carbonyl (C=O) groups is 3. The Hall–Kier alpha value is -7.36. The van der Waals surface area contributed by atoms with Gasteiger partial charge in [0, 0.05) is 23.6 Å². The molecule has 0 amide bonds. The first-order valence-corrected chi connectivity index (χ1v) is 17.4. The second-order valence-corrected chi connectivity index (χ2v) is 12.9. The van der Waals surface area contributed by atoms with Crippen LogP contribution in [-0.4, -0.2) is 76.9 Å². The Kier molecular flexibility index (Phi) is 10.5. The molecule has 7 aromatic rings. The normalized spacial score (nSPS) is 12.3. The van der Waals surface area contributed by atoms with Crippen LogP contribution in [0.5, 0.6) is 11.5 Å². The standard InChI is InChI=1S/C40H35N7O9/c1-54-39(52)34(18-24-10-14-28(48)15-11-24)46-21-26(41-43-46)20-45-33-9-4-3-6-30(33)37(50)31-7-5-8-32(36(31)45)38(51)56-23-27-22-47(44-42-27)35(40(53)55-2)19-25-12-16-29(49)17-13-25/h3-17,21-22,34-35,48-49H,18-20,23H2,1-2H3/t34-,35-/m0/s1. The number of rotatable bonds is 13. The van der Waals surface area contributed by atoms with Gasteiger partial charge in [-0.15, -0.1) is 10.2 Å². The van der Waals surface area contributed by atoms with Crippen LogP contribution >= 0.6 is 0 Å². The van der Waals surface area contributed by atoms with E-state index in [9.17, 15) is 29.4 Å². The molecule has 284 valence electrons. The van der Waals surface area contributed by atoms with Crippen molar-refractivity contribution >= 4 is 39.7 Å². The second kappa shape index (κ2) is 15.9. The van der Waals surface area contributed by atoms with E-state index in [0.29, 0.717) is 22.1 Å². The highest BCUT2D eigenvalue weighted by Gasteiger charge is 2.26. The van der Waals surface area contributed by atoms with Gasteiger partial charge in [-0.1, -0.05) is 52.9 Å². The summed E-state index contributed by atoms with van der Waals surface area (Å²) in [5, 5.41) is 36.8. The van der Waals surface area contributed by atoms with E-state index in [1.54, 1.807) is 77.5 Å². The van der Waals surface area contributed by atoms with Crippen LogP contribution in [0.4, 0.5) is 0 Å². The zero-order chi connectivity index (χ0) is 39.3. The predicted octanol–water partition coefficient (Wildman–Crippen LogP) is 4.07. The van der Waals surface area contributed by atoms with Crippen LogP contribution < -0.4 is 5.43 Å². The number of phenolic OH excluding ortho intramolecular Hbond substituents is 2. The molecule has 0 unspecified atom stereocenters. The summed E-state index contributed by atoms with van der Waals surface area (Å²) in [5.41, 5.74) is 2.83. The van der Waals surface area contributed by atoms with Gasteiger partial charge in [0.15, 0.2) is 17.5 Å². The third-order valence-electron chi connectivity index (χ3n) is 9.31. The highest BCUT2D eigenvalue weighted by atomic mass is 16.5. The number of nitrogens with zero attached hydrogens (tertiary/aromatic N) is 7. The lowest BCUT2D eigenvalue weighted by molar-refractivity contribution is -0.145. The maximum atomic E-state index is 13.9. The molecule has 0 aliphatic carbocycles. The van der Waals surface area contributed by atoms with Crippen LogP contribution in [0, 0.1) is 0 Å². The number of hydrogen-bond donors (Lipinski definition) is 2. The number of fused-ring (bicyclic) bond motifs is 2. The lowest BCUT2D eigenvalue weighted by Gasteiger charge is -2.17. The number of benzene rings is 4. The fourth-order valence-electron chi connectivity index (χ4n) is 6.51. The van der Waals surface area contributed by atoms with Crippen LogP contribution in [0.15, 0.2) is 108 Å². The van der Waals surface area contributed by atoms with Gasteiger partial charge < -0.3 is 29.0 Å². The number of aromatic nitrogens is 7. The number of pyridine rings is 1. The van der Waals surface area contributed by atoms with Crippen molar-refractivity contribution in [2.45, 2.75) is 38.1 Å². The molecule has 0 aliphatic heterocycles. The molecule has 0 saturated carbocycles. The smallest absolute Gasteiger partial charge is 0.340 e. The van der Waals surface area contributed by atoms with Gasteiger partial charge in [0.2, 0.25) is 0 Å².